The largest absolute Gasteiger partial charge is 0.493 e. The molecule has 2 aromatic rings. The molecule has 1 N–H and O–H groups in total. The van der Waals surface area contributed by atoms with Gasteiger partial charge in [0.2, 0.25) is 0 Å². The molecule has 0 aliphatic heterocycles. The number of aryl methyl sites for hydroxylation is 1. The number of carbonyl (C=O) groups excluding carboxylic acids is 1. The van der Waals surface area contributed by atoms with Crippen molar-refractivity contribution >= 4 is 23.7 Å². The Morgan fingerprint density at radius 2 is 1.96 bits per heavy atom. The molecule has 2 rings (SSSR count). The van der Waals surface area contributed by atoms with E-state index >= 15 is 0 Å². The third-order valence-corrected chi connectivity index (χ3v) is 3.86. The van der Waals surface area contributed by atoms with E-state index in [1.165, 1.54) is 13.3 Å². The van der Waals surface area contributed by atoms with Crippen molar-refractivity contribution in [1.82, 2.24) is 5.43 Å². The first-order valence-electron chi connectivity index (χ1n) is 7.93. The summed E-state index contributed by atoms with van der Waals surface area (Å²) >= 11 is 5.92. The van der Waals surface area contributed by atoms with Gasteiger partial charge >= 0.3 is 0 Å². The predicted molar refractivity (Wildman–Crippen MR) is 102 cm³/mol. The van der Waals surface area contributed by atoms with Gasteiger partial charge in [0.05, 0.1) is 20.4 Å². The van der Waals surface area contributed by atoms with Crippen LogP contribution in [0.4, 0.5) is 0 Å². The van der Waals surface area contributed by atoms with Gasteiger partial charge in [-0.2, -0.15) is 5.10 Å². The van der Waals surface area contributed by atoms with Crippen molar-refractivity contribution in [2.75, 3.05) is 14.2 Å². The molecule has 26 heavy (non-hydrogen) atoms. The number of methoxy groups -OCH3 is 2. The average molecular weight is 377 g/mol. The van der Waals surface area contributed by atoms with E-state index in [0.29, 0.717) is 27.8 Å². The molecule has 0 saturated heterocycles. The van der Waals surface area contributed by atoms with E-state index in [1.807, 2.05) is 6.92 Å². The third kappa shape index (κ3) is 4.89. The van der Waals surface area contributed by atoms with Crippen molar-refractivity contribution in [3.05, 3.63) is 52.5 Å². The monoisotopic (exact) mass is 376 g/mol. The van der Waals surface area contributed by atoms with Gasteiger partial charge in [0.15, 0.2) is 17.6 Å². The third-order valence-electron chi connectivity index (χ3n) is 3.62. The second-order valence-corrected chi connectivity index (χ2v) is 5.92. The first kappa shape index (κ1) is 19.6. The molecular weight excluding hydrogens is 356 g/mol. The molecule has 1 unspecified atom stereocenters. The van der Waals surface area contributed by atoms with E-state index in [0.717, 1.165) is 5.56 Å². The average Bonchev–Trinajstić information content (AvgIpc) is 2.63. The number of rotatable bonds is 7. The van der Waals surface area contributed by atoms with Gasteiger partial charge in [-0.25, -0.2) is 5.43 Å². The molecule has 2 aromatic carbocycles. The Balaban J connectivity index is 2.00. The van der Waals surface area contributed by atoms with Crippen LogP contribution in [0.5, 0.6) is 17.2 Å². The molecule has 7 heteroatoms. The SMILES string of the molecule is COc1cccc(C=NNC(=O)C(C)Oc2ccc(Cl)cc2C)c1OC. The van der Waals surface area contributed by atoms with Crippen molar-refractivity contribution < 1.29 is 19.0 Å². The summed E-state index contributed by atoms with van der Waals surface area (Å²) in [5.74, 6) is 1.33. The molecule has 0 saturated carbocycles. The fourth-order valence-electron chi connectivity index (χ4n) is 2.26. The van der Waals surface area contributed by atoms with Crippen molar-refractivity contribution in [2.45, 2.75) is 20.0 Å². The summed E-state index contributed by atoms with van der Waals surface area (Å²) in [6.45, 7) is 3.50. The van der Waals surface area contributed by atoms with Crippen LogP contribution in [0, 0.1) is 6.92 Å². The van der Waals surface area contributed by atoms with E-state index in [-0.39, 0.29) is 5.91 Å². The van der Waals surface area contributed by atoms with Crippen molar-refractivity contribution in [2.24, 2.45) is 5.10 Å². The molecule has 0 radical (unpaired) electrons. The molecule has 6 nitrogen and oxygen atoms in total. The Bertz CT molecular complexity index is 808. The highest BCUT2D eigenvalue weighted by Crippen LogP contribution is 2.29. The first-order chi connectivity index (χ1) is 12.5. The molecule has 0 aliphatic carbocycles. The molecule has 1 amide bonds. The smallest absolute Gasteiger partial charge is 0.280 e. The number of carbonyl (C=O) groups is 1. The normalized spacial score (nSPS) is 11.9. The number of benzene rings is 2. The van der Waals surface area contributed by atoms with E-state index in [9.17, 15) is 4.79 Å². The molecule has 1 atom stereocenters. The molecule has 0 spiro atoms. The topological polar surface area (TPSA) is 69.2 Å². The maximum Gasteiger partial charge on any atom is 0.280 e. The van der Waals surface area contributed by atoms with Gasteiger partial charge in [0.25, 0.3) is 5.91 Å². The van der Waals surface area contributed by atoms with Crippen LogP contribution in [-0.2, 0) is 4.79 Å². The number of hydrogen-bond acceptors (Lipinski definition) is 5. The maximum atomic E-state index is 12.2. The van der Waals surface area contributed by atoms with Gasteiger partial charge in [-0.05, 0) is 49.7 Å². The van der Waals surface area contributed by atoms with Crippen LogP contribution < -0.4 is 19.6 Å². The molecule has 138 valence electrons. The number of hydrogen-bond donors (Lipinski definition) is 1. The Morgan fingerprint density at radius 3 is 2.62 bits per heavy atom. The minimum Gasteiger partial charge on any atom is -0.493 e. The first-order valence-corrected chi connectivity index (χ1v) is 8.30. The van der Waals surface area contributed by atoms with Crippen LogP contribution in [-0.4, -0.2) is 32.4 Å². The summed E-state index contributed by atoms with van der Waals surface area (Å²) in [4.78, 5) is 12.2. The Morgan fingerprint density at radius 1 is 1.19 bits per heavy atom. The van der Waals surface area contributed by atoms with Crippen LogP contribution in [0.1, 0.15) is 18.1 Å². The van der Waals surface area contributed by atoms with Crippen LogP contribution >= 0.6 is 11.6 Å². The summed E-state index contributed by atoms with van der Waals surface area (Å²) in [7, 11) is 3.09. The predicted octanol–water partition coefficient (Wildman–Crippen LogP) is 3.58. The van der Waals surface area contributed by atoms with Crippen molar-refractivity contribution in [3.63, 3.8) is 0 Å². The summed E-state index contributed by atoms with van der Waals surface area (Å²) in [5, 5.41) is 4.58. The zero-order valence-electron chi connectivity index (χ0n) is 15.1. The maximum absolute atomic E-state index is 12.2. The number of halogens is 1. The molecule has 0 aliphatic rings. The van der Waals surface area contributed by atoms with Gasteiger partial charge in [0, 0.05) is 10.6 Å². The zero-order valence-corrected chi connectivity index (χ0v) is 15.8. The second-order valence-electron chi connectivity index (χ2n) is 5.49. The Hall–Kier alpha value is -2.73. The van der Waals surface area contributed by atoms with E-state index in [2.05, 4.69) is 10.5 Å². The van der Waals surface area contributed by atoms with Crippen molar-refractivity contribution in [1.29, 1.82) is 0 Å². The van der Waals surface area contributed by atoms with Crippen LogP contribution in [0.2, 0.25) is 5.02 Å². The molecule has 0 aromatic heterocycles. The highest BCUT2D eigenvalue weighted by molar-refractivity contribution is 6.30. The van der Waals surface area contributed by atoms with Crippen LogP contribution in [0.3, 0.4) is 0 Å². The van der Waals surface area contributed by atoms with E-state index in [4.69, 9.17) is 25.8 Å². The number of hydrazone groups is 1. The lowest BCUT2D eigenvalue weighted by Gasteiger charge is -2.15. The van der Waals surface area contributed by atoms with Gasteiger partial charge in [-0.3, -0.25) is 4.79 Å². The van der Waals surface area contributed by atoms with Gasteiger partial charge in [-0.15, -0.1) is 0 Å². The lowest BCUT2D eigenvalue weighted by molar-refractivity contribution is -0.127. The zero-order chi connectivity index (χ0) is 19.1. The van der Waals surface area contributed by atoms with Gasteiger partial charge in [0.1, 0.15) is 5.75 Å². The lowest BCUT2D eigenvalue weighted by Crippen LogP contribution is -2.33. The lowest BCUT2D eigenvalue weighted by atomic mass is 10.2. The molecular formula is C19H21ClN2O4. The number of para-hydroxylation sites is 1. The number of ether oxygens (including phenoxy) is 3. The number of nitrogens with zero attached hydrogens (tertiary/aromatic N) is 1. The molecule has 0 heterocycles. The highest BCUT2D eigenvalue weighted by Gasteiger charge is 2.15. The summed E-state index contributed by atoms with van der Waals surface area (Å²) in [6.07, 6.45) is 0.763. The summed E-state index contributed by atoms with van der Waals surface area (Å²) < 4.78 is 16.2. The number of amides is 1. The molecule has 0 fully saturated rings. The molecule has 0 bridgehead atoms. The van der Waals surface area contributed by atoms with Gasteiger partial charge < -0.3 is 14.2 Å². The quantitative estimate of drug-likeness (QED) is 0.592. The van der Waals surface area contributed by atoms with E-state index < -0.39 is 6.10 Å². The van der Waals surface area contributed by atoms with Gasteiger partial charge in [-0.1, -0.05) is 17.7 Å². The Labute approximate surface area is 157 Å². The van der Waals surface area contributed by atoms with E-state index in [1.54, 1.807) is 50.4 Å². The minimum atomic E-state index is -0.723. The summed E-state index contributed by atoms with van der Waals surface area (Å²) in [5.41, 5.74) is 3.98. The second kappa shape index (κ2) is 9.10. The standard InChI is InChI=1S/C19H21ClN2O4/c1-12-10-15(20)8-9-16(12)26-13(2)19(23)22-21-11-14-6-5-7-17(24-3)18(14)25-4/h5-11,13H,1-4H3,(H,22,23). The minimum absolute atomic E-state index is 0.377. The fraction of sp³-hybridized carbons (Fsp3) is 0.263. The van der Waals surface area contributed by atoms with Crippen LogP contribution in [0.15, 0.2) is 41.5 Å². The number of nitrogens with one attached hydrogen (secondary N) is 1. The Kier molecular flexibility index (Phi) is 6.86. The fourth-order valence-corrected chi connectivity index (χ4v) is 2.49. The highest BCUT2D eigenvalue weighted by atomic mass is 35.5. The summed E-state index contributed by atoms with van der Waals surface area (Å²) in [6, 6.07) is 10.6. The van der Waals surface area contributed by atoms with Crippen LogP contribution in [0.25, 0.3) is 0 Å². The van der Waals surface area contributed by atoms with Crippen molar-refractivity contribution in [3.8, 4) is 17.2 Å².